The van der Waals surface area contributed by atoms with Crippen LogP contribution < -0.4 is 5.73 Å². The summed E-state index contributed by atoms with van der Waals surface area (Å²) in [5.74, 6) is -0.498. The van der Waals surface area contributed by atoms with E-state index in [0.29, 0.717) is 11.1 Å². The van der Waals surface area contributed by atoms with Crippen LogP contribution in [-0.4, -0.2) is 29.3 Å². The minimum Gasteiger partial charge on any atom is -0.371 e. The van der Waals surface area contributed by atoms with Crippen LogP contribution in [0.25, 0.3) is 12.2 Å². The number of hydrogen-bond donors (Lipinski definition) is 1. The predicted molar refractivity (Wildman–Crippen MR) is 90.4 cm³/mol. The number of nitro benzene ring substituents is 1. The Hall–Kier alpha value is -2.34. The highest BCUT2D eigenvalue weighted by atomic mass is 35.5. The molecule has 0 aliphatic rings. The average Bonchev–Trinajstić information content (AvgIpc) is 2.46. The molecule has 7 heteroatoms. The van der Waals surface area contributed by atoms with E-state index in [0.717, 1.165) is 0 Å². The third-order valence-electron chi connectivity index (χ3n) is 2.50. The van der Waals surface area contributed by atoms with Gasteiger partial charge in [0.2, 0.25) is 5.91 Å². The first kappa shape index (κ1) is 19.7. The molecular formula is C15H20ClN3O3. The van der Waals surface area contributed by atoms with Crippen LogP contribution in [0.2, 0.25) is 5.02 Å². The molecule has 6 nitrogen and oxygen atoms in total. The predicted octanol–water partition coefficient (Wildman–Crippen LogP) is 3.31. The van der Waals surface area contributed by atoms with Crippen molar-refractivity contribution in [1.29, 1.82) is 0 Å². The standard InChI is InChI=1S/C13H14ClN3O3.C2H6/c1-3-9-4-5-11(14)13(17(19)20)10(9)6-7-16(2)8-12(15)18;1-2/h3-7H,1,8H2,2H3,(H2,15,18);1-2H3/b7-6-;. The zero-order valence-corrected chi connectivity index (χ0v) is 13.6. The zero-order valence-electron chi connectivity index (χ0n) is 12.9. The number of nitrogens with zero attached hydrogens (tertiary/aromatic N) is 2. The van der Waals surface area contributed by atoms with Gasteiger partial charge in [-0.05, 0) is 17.7 Å². The van der Waals surface area contributed by atoms with E-state index in [1.807, 2.05) is 13.8 Å². The Morgan fingerprint density at radius 1 is 1.50 bits per heavy atom. The van der Waals surface area contributed by atoms with Crippen molar-refractivity contribution in [3.05, 3.63) is 51.2 Å². The van der Waals surface area contributed by atoms with Gasteiger partial charge in [0, 0.05) is 13.2 Å². The summed E-state index contributed by atoms with van der Waals surface area (Å²) < 4.78 is 0. The maximum atomic E-state index is 11.1. The van der Waals surface area contributed by atoms with E-state index in [-0.39, 0.29) is 17.3 Å². The molecule has 0 aliphatic heterocycles. The van der Waals surface area contributed by atoms with E-state index in [4.69, 9.17) is 17.3 Å². The number of nitro groups is 1. The number of carbonyl (C=O) groups excluding carboxylic acids is 1. The number of primary amides is 1. The molecule has 22 heavy (non-hydrogen) atoms. The number of nitrogens with two attached hydrogens (primary N) is 1. The maximum Gasteiger partial charge on any atom is 0.295 e. The van der Waals surface area contributed by atoms with Crippen LogP contribution in [0.15, 0.2) is 24.9 Å². The molecule has 0 bridgehead atoms. The molecular weight excluding hydrogens is 306 g/mol. The van der Waals surface area contributed by atoms with Gasteiger partial charge in [-0.15, -0.1) is 0 Å². The van der Waals surface area contributed by atoms with Crippen LogP contribution in [-0.2, 0) is 4.79 Å². The van der Waals surface area contributed by atoms with Gasteiger partial charge in [-0.25, -0.2) is 0 Å². The smallest absolute Gasteiger partial charge is 0.295 e. The number of carbonyl (C=O) groups is 1. The third kappa shape index (κ3) is 5.57. The topological polar surface area (TPSA) is 89.5 Å². The Kier molecular flexibility index (Phi) is 8.55. The van der Waals surface area contributed by atoms with Crippen LogP contribution >= 0.6 is 11.6 Å². The number of likely N-dealkylation sites (N-methyl/N-ethyl adjacent to an activating group) is 1. The van der Waals surface area contributed by atoms with Crippen molar-refractivity contribution >= 4 is 35.3 Å². The quantitative estimate of drug-likeness (QED) is 0.641. The Morgan fingerprint density at radius 2 is 2.09 bits per heavy atom. The van der Waals surface area contributed by atoms with E-state index < -0.39 is 10.8 Å². The van der Waals surface area contributed by atoms with E-state index in [1.165, 1.54) is 29.3 Å². The molecule has 0 radical (unpaired) electrons. The first-order valence-electron chi connectivity index (χ1n) is 6.63. The number of halogens is 1. The molecule has 1 amide bonds. The number of amides is 1. The lowest BCUT2D eigenvalue weighted by atomic mass is 10.1. The van der Waals surface area contributed by atoms with Crippen molar-refractivity contribution in [3.8, 4) is 0 Å². The molecule has 0 aromatic heterocycles. The Bertz CT molecular complexity index is 586. The van der Waals surface area contributed by atoms with Gasteiger partial charge in [-0.3, -0.25) is 14.9 Å². The zero-order chi connectivity index (χ0) is 17.3. The molecule has 2 N–H and O–H groups in total. The van der Waals surface area contributed by atoms with Crippen LogP contribution in [0.1, 0.15) is 25.0 Å². The summed E-state index contributed by atoms with van der Waals surface area (Å²) in [6, 6.07) is 3.08. The van der Waals surface area contributed by atoms with Gasteiger partial charge in [0.05, 0.1) is 17.0 Å². The number of hydrogen-bond acceptors (Lipinski definition) is 4. The Labute approximate surface area is 135 Å². The normalized spacial score (nSPS) is 9.82. The van der Waals surface area contributed by atoms with E-state index in [2.05, 4.69) is 6.58 Å². The van der Waals surface area contributed by atoms with Crippen molar-refractivity contribution in [3.63, 3.8) is 0 Å². The van der Waals surface area contributed by atoms with Gasteiger partial charge in [0.1, 0.15) is 5.02 Å². The van der Waals surface area contributed by atoms with E-state index in [9.17, 15) is 14.9 Å². The Balaban J connectivity index is 0.00000211. The number of rotatable bonds is 6. The third-order valence-corrected chi connectivity index (χ3v) is 2.81. The second-order valence-corrected chi connectivity index (χ2v) is 4.46. The second-order valence-electron chi connectivity index (χ2n) is 4.06. The summed E-state index contributed by atoms with van der Waals surface area (Å²) in [7, 11) is 1.63. The van der Waals surface area contributed by atoms with Gasteiger partial charge < -0.3 is 10.6 Å². The first-order valence-corrected chi connectivity index (χ1v) is 7.00. The fraction of sp³-hybridized carbons (Fsp3) is 0.267. The van der Waals surface area contributed by atoms with E-state index in [1.54, 1.807) is 13.1 Å². The molecule has 0 saturated heterocycles. The highest BCUT2D eigenvalue weighted by Gasteiger charge is 2.19. The SMILES string of the molecule is C=Cc1ccc(Cl)c([N+](=O)[O-])c1/C=C\N(C)CC(N)=O.CC. The van der Waals surface area contributed by atoms with Gasteiger partial charge in [-0.2, -0.15) is 0 Å². The highest BCUT2D eigenvalue weighted by Crippen LogP contribution is 2.32. The van der Waals surface area contributed by atoms with Crippen LogP contribution in [0.5, 0.6) is 0 Å². The summed E-state index contributed by atoms with van der Waals surface area (Å²) in [6.45, 7) is 7.62. The molecule has 1 aromatic carbocycles. The summed E-state index contributed by atoms with van der Waals surface area (Å²) in [5, 5.41) is 11.1. The number of benzene rings is 1. The van der Waals surface area contributed by atoms with Gasteiger partial charge in [0.25, 0.3) is 5.69 Å². The highest BCUT2D eigenvalue weighted by molar-refractivity contribution is 6.33. The van der Waals surface area contributed by atoms with Crippen molar-refractivity contribution in [2.75, 3.05) is 13.6 Å². The lowest BCUT2D eigenvalue weighted by molar-refractivity contribution is -0.384. The fourth-order valence-electron chi connectivity index (χ4n) is 1.64. The van der Waals surface area contributed by atoms with Gasteiger partial charge in [0.15, 0.2) is 0 Å². The van der Waals surface area contributed by atoms with E-state index >= 15 is 0 Å². The lowest BCUT2D eigenvalue weighted by Gasteiger charge is -2.11. The fourth-order valence-corrected chi connectivity index (χ4v) is 1.87. The van der Waals surface area contributed by atoms with Crippen molar-refractivity contribution in [2.45, 2.75) is 13.8 Å². The molecule has 0 aliphatic carbocycles. The van der Waals surface area contributed by atoms with Crippen molar-refractivity contribution in [2.24, 2.45) is 5.73 Å². The minimum absolute atomic E-state index is 0.00822. The summed E-state index contributed by atoms with van der Waals surface area (Å²) >= 11 is 5.86. The molecule has 0 atom stereocenters. The molecule has 1 rings (SSSR count). The average molecular weight is 326 g/mol. The van der Waals surface area contributed by atoms with Gasteiger partial charge in [-0.1, -0.05) is 44.2 Å². The second kappa shape index (κ2) is 9.57. The summed E-state index contributed by atoms with van der Waals surface area (Å²) in [6.07, 6.45) is 4.53. The minimum atomic E-state index is -0.552. The first-order chi connectivity index (χ1) is 10.4. The largest absolute Gasteiger partial charge is 0.371 e. The van der Waals surface area contributed by atoms with Crippen LogP contribution in [0, 0.1) is 10.1 Å². The molecule has 0 saturated carbocycles. The van der Waals surface area contributed by atoms with Crippen molar-refractivity contribution < 1.29 is 9.72 Å². The lowest BCUT2D eigenvalue weighted by Crippen LogP contribution is -2.26. The molecule has 120 valence electrons. The maximum absolute atomic E-state index is 11.1. The molecule has 0 heterocycles. The molecule has 0 spiro atoms. The molecule has 0 unspecified atom stereocenters. The van der Waals surface area contributed by atoms with Crippen LogP contribution in [0.4, 0.5) is 5.69 Å². The molecule has 0 fully saturated rings. The summed E-state index contributed by atoms with van der Waals surface area (Å²) in [5.41, 5.74) is 5.76. The van der Waals surface area contributed by atoms with Crippen LogP contribution in [0.3, 0.4) is 0 Å². The monoisotopic (exact) mass is 325 g/mol. The summed E-state index contributed by atoms with van der Waals surface area (Å²) in [4.78, 5) is 22.8. The van der Waals surface area contributed by atoms with Gasteiger partial charge >= 0.3 is 0 Å². The Morgan fingerprint density at radius 3 is 2.55 bits per heavy atom. The van der Waals surface area contributed by atoms with Crippen molar-refractivity contribution in [1.82, 2.24) is 4.90 Å². The molecule has 1 aromatic rings.